The molecular formula is C33H32F2N6O. The van der Waals surface area contributed by atoms with Crippen molar-refractivity contribution in [1.29, 1.82) is 0 Å². The highest BCUT2D eigenvalue weighted by molar-refractivity contribution is 5.43. The van der Waals surface area contributed by atoms with Crippen molar-refractivity contribution in [3.05, 3.63) is 149 Å². The molecule has 0 bridgehead atoms. The van der Waals surface area contributed by atoms with Crippen molar-refractivity contribution in [3.63, 3.8) is 0 Å². The van der Waals surface area contributed by atoms with E-state index in [0.717, 1.165) is 28.1 Å². The fourth-order valence-corrected chi connectivity index (χ4v) is 4.97. The third kappa shape index (κ3) is 8.22. The van der Waals surface area contributed by atoms with Crippen molar-refractivity contribution in [2.45, 2.75) is 46.2 Å². The Balaban J connectivity index is 1.42. The van der Waals surface area contributed by atoms with Crippen LogP contribution in [0.2, 0.25) is 0 Å². The summed E-state index contributed by atoms with van der Waals surface area (Å²) in [6.07, 6.45) is 3.47. The van der Waals surface area contributed by atoms with Crippen LogP contribution in [0.25, 0.3) is 0 Å². The third-order valence-corrected chi connectivity index (χ3v) is 6.74. The summed E-state index contributed by atoms with van der Waals surface area (Å²) in [5.41, 5.74) is 5.33. The smallest absolute Gasteiger partial charge is 0.213 e. The van der Waals surface area contributed by atoms with Crippen molar-refractivity contribution in [1.82, 2.24) is 29.7 Å². The zero-order chi connectivity index (χ0) is 29.3. The molecule has 7 nitrogen and oxygen atoms in total. The molecule has 0 aliphatic heterocycles. The van der Waals surface area contributed by atoms with E-state index in [9.17, 15) is 13.9 Å². The predicted molar refractivity (Wildman–Crippen MR) is 156 cm³/mol. The van der Waals surface area contributed by atoms with Gasteiger partial charge in [-0.1, -0.05) is 42.0 Å². The van der Waals surface area contributed by atoms with Crippen LogP contribution in [0.3, 0.4) is 0 Å². The van der Waals surface area contributed by atoms with E-state index >= 15 is 0 Å². The summed E-state index contributed by atoms with van der Waals surface area (Å²) in [5.74, 6) is -0.893. The quantitative estimate of drug-likeness (QED) is 0.187. The van der Waals surface area contributed by atoms with Gasteiger partial charge in [-0.3, -0.25) is 19.8 Å². The van der Waals surface area contributed by atoms with Crippen LogP contribution in [0.1, 0.15) is 39.5 Å². The van der Waals surface area contributed by atoms with E-state index in [1.165, 1.54) is 12.1 Å². The molecule has 5 aromatic rings. The lowest BCUT2D eigenvalue weighted by Crippen LogP contribution is -2.25. The Labute approximate surface area is 244 Å². The van der Waals surface area contributed by atoms with Crippen LogP contribution in [-0.4, -0.2) is 34.8 Å². The number of aromatic nitrogens is 4. The highest BCUT2D eigenvalue weighted by Gasteiger charge is 2.18. The minimum Gasteiger partial charge on any atom is -0.507 e. The van der Waals surface area contributed by atoms with Gasteiger partial charge in [0.1, 0.15) is 5.75 Å². The van der Waals surface area contributed by atoms with Crippen LogP contribution in [-0.2, 0) is 39.3 Å². The Morgan fingerprint density at radius 3 is 1.40 bits per heavy atom. The number of hydrogen-bond acceptors (Lipinski definition) is 7. The third-order valence-electron chi connectivity index (χ3n) is 6.74. The summed E-state index contributed by atoms with van der Waals surface area (Å²) >= 11 is 0. The van der Waals surface area contributed by atoms with Crippen molar-refractivity contribution in [2.24, 2.45) is 0 Å². The molecule has 4 heterocycles. The molecule has 0 atom stereocenters. The van der Waals surface area contributed by atoms with Crippen LogP contribution in [0.4, 0.5) is 8.78 Å². The number of aromatic hydroxyl groups is 1. The monoisotopic (exact) mass is 566 g/mol. The molecule has 1 N–H and O–H groups in total. The van der Waals surface area contributed by atoms with Gasteiger partial charge in [0.05, 0.1) is 22.8 Å². The lowest BCUT2D eigenvalue weighted by Gasteiger charge is -2.25. The van der Waals surface area contributed by atoms with E-state index in [0.29, 0.717) is 50.7 Å². The molecule has 42 heavy (non-hydrogen) atoms. The Kier molecular flexibility index (Phi) is 9.53. The Bertz CT molecular complexity index is 1490. The highest BCUT2D eigenvalue weighted by Crippen LogP contribution is 2.29. The van der Waals surface area contributed by atoms with Crippen LogP contribution in [0.15, 0.2) is 97.3 Å². The average molecular weight is 567 g/mol. The van der Waals surface area contributed by atoms with Gasteiger partial charge in [-0.25, -0.2) is 9.97 Å². The molecule has 0 aliphatic carbocycles. The lowest BCUT2D eigenvalue weighted by atomic mass is 10.0. The largest absolute Gasteiger partial charge is 0.507 e. The van der Waals surface area contributed by atoms with Gasteiger partial charge in [-0.15, -0.1) is 0 Å². The predicted octanol–water partition coefficient (Wildman–Crippen LogP) is 5.96. The second-order valence-corrected chi connectivity index (χ2v) is 10.3. The number of hydrogen-bond donors (Lipinski definition) is 1. The number of pyridine rings is 4. The van der Waals surface area contributed by atoms with Crippen molar-refractivity contribution in [3.8, 4) is 5.75 Å². The lowest BCUT2D eigenvalue weighted by molar-refractivity contribution is 0.230. The molecule has 5 rings (SSSR count). The molecule has 0 saturated heterocycles. The second kappa shape index (κ2) is 13.8. The molecule has 0 radical (unpaired) electrons. The van der Waals surface area contributed by atoms with Crippen LogP contribution in [0, 0.1) is 18.8 Å². The molecule has 4 aromatic heterocycles. The number of phenols is 1. The summed E-state index contributed by atoms with van der Waals surface area (Å²) in [6.45, 7) is 4.47. The van der Waals surface area contributed by atoms with E-state index in [1.807, 2.05) is 55.5 Å². The Morgan fingerprint density at radius 2 is 1.00 bits per heavy atom. The minimum atomic E-state index is -0.535. The number of benzene rings is 1. The van der Waals surface area contributed by atoms with Gasteiger partial charge in [0.2, 0.25) is 11.9 Å². The zero-order valence-electron chi connectivity index (χ0n) is 23.4. The van der Waals surface area contributed by atoms with E-state index in [1.54, 1.807) is 36.7 Å². The fraction of sp³-hybridized carbons (Fsp3) is 0.212. The van der Waals surface area contributed by atoms with Gasteiger partial charge in [-0.05, 0) is 55.5 Å². The summed E-state index contributed by atoms with van der Waals surface area (Å²) in [7, 11) is 0. The molecule has 9 heteroatoms. The summed E-state index contributed by atoms with van der Waals surface area (Å²) < 4.78 is 27.8. The van der Waals surface area contributed by atoms with Crippen LogP contribution >= 0.6 is 0 Å². The van der Waals surface area contributed by atoms with E-state index in [-0.39, 0.29) is 5.75 Å². The van der Waals surface area contributed by atoms with Gasteiger partial charge in [-0.2, -0.15) is 8.78 Å². The zero-order valence-corrected chi connectivity index (χ0v) is 23.4. The SMILES string of the molecule is Cc1cc(CN(Cc2ccccn2)Cc2cccc(F)n2)c(O)c(CN(Cc2ccccn2)Cc2cccc(F)n2)c1. The Hall–Kier alpha value is -4.60. The first kappa shape index (κ1) is 28.9. The summed E-state index contributed by atoms with van der Waals surface area (Å²) in [5, 5.41) is 11.5. The van der Waals surface area contributed by atoms with Crippen molar-refractivity contribution in [2.75, 3.05) is 0 Å². The number of rotatable bonds is 12. The van der Waals surface area contributed by atoms with Crippen LogP contribution < -0.4 is 0 Å². The Morgan fingerprint density at radius 1 is 0.571 bits per heavy atom. The molecule has 214 valence electrons. The minimum absolute atomic E-state index is 0.178. The molecule has 0 aliphatic rings. The van der Waals surface area contributed by atoms with Gasteiger partial charge < -0.3 is 5.11 Å². The van der Waals surface area contributed by atoms with Crippen molar-refractivity contribution < 1.29 is 13.9 Å². The first-order chi connectivity index (χ1) is 20.4. The molecule has 0 amide bonds. The van der Waals surface area contributed by atoms with E-state index in [2.05, 4.69) is 29.7 Å². The maximum Gasteiger partial charge on any atom is 0.213 e. The number of nitrogens with zero attached hydrogens (tertiary/aromatic N) is 6. The highest BCUT2D eigenvalue weighted by atomic mass is 19.1. The molecule has 1 aromatic carbocycles. The maximum absolute atomic E-state index is 13.9. The topological polar surface area (TPSA) is 78.3 Å². The number of aryl methyl sites for hydroxylation is 1. The van der Waals surface area contributed by atoms with Gasteiger partial charge >= 0.3 is 0 Å². The van der Waals surface area contributed by atoms with Crippen molar-refractivity contribution >= 4 is 0 Å². The van der Waals surface area contributed by atoms with Gasteiger partial charge in [0, 0.05) is 62.8 Å². The van der Waals surface area contributed by atoms with E-state index in [4.69, 9.17) is 0 Å². The maximum atomic E-state index is 13.9. The average Bonchev–Trinajstić information content (AvgIpc) is 2.96. The molecule has 0 fully saturated rings. The molecule has 0 spiro atoms. The normalized spacial score (nSPS) is 11.4. The summed E-state index contributed by atoms with van der Waals surface area (Å²) in [6, 6.07) is 24.8. The number of phenolic OH excluding ortho intramolecular Hbond substituents is 1. The van der Waals surface area contributed by atoms with Gasteiger partial charge in [0.25, 0.3) is 0 Å². The van der Waals surface area contributed by atoms with Gasteiger partial charge in [0.15, 0.2) is 0 Å². The second-order valence-electron chi connectivity index (χ2n) is 10.3. The summed E-state index contributed by atoms with van der Waals surface area (Å²) in [4.78, 5) is 21.2. The first-order valence-corrected chi connectivity index (χ1v) is 13.7. The van der Waals surface area contributed by atoms with E-state index < -0.39 is 11.9 Å². The number of halogens is 2. The molecular weight excluding hydrogens is 534 g/mol. The standard InChI is InChI=1S/C33H32F2N6O/c1-24-16-25(18-40(20-27-8-2-4-14-36-27)22-29-10-6-12-31(34)38-29)33(42)26(17-24)19-41(21-28-9-3-5-15-37-28)23-30-11-7-13-32(35)39-30/h2-17,42H,18-23H2,1H3. The van der Waals surface area contributed by atoms with Crippen LogP contribution in [0.5, 0.6) is 5.75 Å². The first-order valence-electron chi connectivity index (χ1n) is 13.7. The molecule has 0 saturated carbocycles. The fourth-order valence-electron chi connectivity index (χ4n) is 4.97. The molecule has 0 unspecified atom stereocenters.